The fourth-order valence-electron chi connectivity index (χ4n) is 2.42. The van der Waals surface area contributed by atoms with Gasteiger partial charge in [0.25, 0.3) is 0 Å². The van der Waals surface area contributed by atoms with Crippen LogP contribution < -0.4 is 0 Å². The minimum absolute atomic E-state index is 0.497. The van der Waals surface area contributed by atoms with Gasteiger partial charge in [-0.1, -0.05) is 44.2 Å². The summed E-state index contributed by atoms with van der Waals surface area (Å²) in [5.41, 5.74) is 5.88. The highest BCUT2D eigenvalue weighted by Gasteiger charge is 2.10. The molecule has 0 aliphatic heterocycles. The Morgan fingerprint density at radius 1 is 1.00 bits per heavy atom. The molecule has 0 atom stereocenters. The number of rotatable bonds is 2. The van der Waals surface area contributed by atoms with E-state index < -0.39 is 0 Å². The number of hydrogen-bond donors (Lipinski definition) is 0. The Morgan fingerprint density at radius 3 is 2.22 bits per heavy atom. The molecule has 0 heterocycles. The van der Waals surface area contributed by atoms with E-state index in [0.717, 1.165) is 0 Å². The fourth-order valence-corrected chi connectivity index (χ4v) is 2.42. The van der Waals surface area contributed by atoms with Gasteiger partial charge < -0.3 is 0 Å². The lowest BCUT2D eigenvalue weighted by atomic mass is 9.89. The van der Waals surface area contributed by atoms with Crippen LogP contribution in [0.2, 0.25) is 0 Å². The van der Waals surface area contributed by atoms with Crippen molar-refractivity contribution in [2.75, 3.05) is 0 Å². The minimum atomic E-state index is 0.497. The first kappa shape index (κ1) is 12.4. The zero-order chi connectivity index (χ0) is 13.1. The molecule has 0 unspecified atom stereocenters. The smallest absolute Gasteiger partial charge is 0.0991 e. The molecule has 2 aromatic rings. The Labute approximate surface area is 109 Å². The third-order valence-corrected chi connectivity index (χ3v) is 3.23. The van der Waals surface area contributed by atoms with Crippen LogP contribution in [0.4, 0.5) is 0 Å². The molecular formula is C17H17N. The largest absolute Gasteiger partial charge is 0.192 e. The van der Waals surface area contributed by atoms with E-state index >= 15 is 0 Å². The topological polar surface area (TPSA) is 23.8 Å². The van der Waals surface area contributed by atoms with Gasteiger partial charge in [-0.15, -0.1) is 0 Å². The Bertz CT molecular complexity index is 586. The molecule has 0 saturated heterocycles. The summed E-state index contributed by atoms with van der Waals surface area (Å²) in [6.45, 7) is 6.59. The van der Waals surface area contributed by atoms with Crippen molar-refractivity contribution in [3.8, 4) is 17.2 Å². The van der Waals surface area contributed by atoms with Crippen LogP contribution in [0.15, 0.2) is 42.5 Å². The van der Waals surface area contributed by atoms with Crippen molar-refractivity contribution in [1.29, 1.82) is 5.26 Å². The molecule has 1 heteroatoms. The van der Waals surface area contributed by atoms with E-state index in [2.05, 4.69) is 45.0 Å². The summed E-state index contributed by atoms with van der Waals surface area (Å²) in [5, 5.41) is 8.84. The molecule has 2 rings (SSSR count). The summed E-state index contributed by atoms with van der Waals surface area (Å²) in [7, 11) is 0. The van der Waals surface area contributed by atoms with Crippen LogP contribution in [0.1, 0.15) is 36.5 Å². The van der Waals surface area contributed by atoms with E-state index in [1.165, 1.54) is 22.3 Å². The summed E-state index contributed by atoms with van der Waals surface area (Å²) in [6, 6.07) is 16.4. The van der Waals surface area contributed by atoms with Crippen LogP contribution in [0, 0.1) is 18.3 Å². The highest BCUT2D eigenvalue weighted by atomic mass is 14.2. The monoisotopic (exact) mass is 235 g/mol. The van der Waals surface area contributed by atoms with Gasteiger partial charge in [0.15, 0.2) is 0 Å². The molecule has 0 radical (unpaired) electrons. The van der Waals surface area contributed by atoms with Crippen LogP contribution >= 0.6 is 0 Å². The maximum atomic E-state index is 8.84. The molecule has 0 aliphatic carbocycles. The highest BCUT2D eigenvalue weighted by Crippen LogP contribution is 2.31. The first-order chi connectivity index (χ1) is 8.63. The lowest BCUT2D eigenvalue weighted by Crippen LogP contribution is -1.96. The highest BCUT2D eigenvalue weighted by molar-refractivity contribution is 5.70. The number of benzene rings is 2. The second kappa shape index (κ2) is 5.06. The first-order valence-electron chi connectivity index (χ1n) is 6.23. The van der Waals surface area contributed by atoms with Crippen molar-refractivity contribution in [3.63, 3.8) is 0 Å². The van der Waals surface area contributed by atoms with Crippen molar-refractivity contribution in [2.24, 2.45) is 0 Å². The zero-order valence-corrected chi connectivity index (χ0v) is 11.1. The van der Waals surface area contributed by atoms with E-state index in [9.17, 15) is 0 Å². The van der Waals surface area contributed by atoms with Crippen molar-refractivity contribution >= 4 is 0 Å². The molecule has 0 aliphatic rings. The van der Waals surface area contributed by atoms with E-state index in [1.807, 2.05) is 24.3 Å². The summed E-state index contributed by atoms with van der Waals surface area (Å²) in [6.07, 6.45) is 0. The van der Waals surface area contributed by atoms with Gasteiger partial charge in [0.2, 0.25) is 0 Å². The quantitative estimate of drug-likeness (QED) is 0.742. The Hall–Kier alpha value is -2.07. The average molecular weight is 235 g/mol. The van der Waals surface area contributed by atoms with E-state index in [-0.39, 0.29) is 0 Å². The summed E-state index contributed by atoms with van der Waals surface area (Å²) in [4.78, 5) is 0. The Morgan fingerprint density at radius 2 is 1.67 bits per heavy atom. The standard InChI is InChI=1S/C17H17N/c1-12(2)17-13(3)5-4-6-16(17)15-9-7-14(11-18)8-10-15/h4-10,12H,1-3H3. The third-order valence-electron chi connectivity index (χ3n) is 3.23. The summed E-state index contributed by atoms with van der Waals surface area (Å²) < 4.78 is 0. The number of nitrogens with zero attached hydrogens (tertiary/aromatic N) is 1. The van der Waals surface area contributed by atoms with Crippen LogP contribution in [0.3, 0.4) is 0 Å². The zero-order valence-electron chi connectivity index (χ0n) is 11.1. The molecule has 0 fully saturated rings. The SMILES string of the molecule is Cc1cccc(-c2ccc(C#N)cc2)c1C(C)C. The van der Waals surface area contributed by atoms with Crippen LogP contribution in [-0.4, -0.2) is 0 Å². The van der Waals surface area contributed by atoms with E-state index in [4.69, 9.17) is 5.26 Å². The lowest BCUT2D eigenvalue weighted by Gasteiger charge is -2.16. The van der Waals surface area contributed by atoms with Crippen LogP contribution in [-0.2, 0) is 0 Å². The van der Waals surface area contributed by atoms with Gasteiger partial charge in [-0.05, 0) is 47.2 Å². The van der Waals surface area contributed by atoms with Crippen molar-refractivity contribution in [1.82, 2.24) is 0 Å². The van der Waals surface area contributed by atoms with Crippen LogP contribution in [0.5, 0.6) is 0 Å². The predicted molar refractivity (Wildman–Crippen MR) is 75.4 cm³/mol. The summed E-state index contributed by atoms with van der Waals surface area (Å²) in [5.74, 6) is 0.497. The second-order valence-corrected chi connectivity index (χ2v) is 4.88. The van der Waals surface area contributed by atoms with E-state index in [1.54, 1.807) is 0 Å². The Kier molecular flexibility index (Phi) is 3.48. The van der Waals surface area contributed by atoms with Crippen LogP contribution in [0.25, 0.3) is 11.1 Å². The summed E-state index contributed by atoms with van der Waals surface area (Å²) >= 11 is 0. The number of aryl methyl sites for hydroxylation is 1. The lowest BCUT2D eigenvalue weighted by molar-refractivity contribution is 0.859. The molecule has 90 valence electrons. The molecule has 1 nitrogen and oxygen atoms in total. The van der Waals surface area contributed by atoms with Crippen molar-refractivity contribution < 1.29 is 0 Å². The van der Waals surface area contributed by atoms with E-state index in [0.29, 0.717) is 11.5 Å². The Balaban J connectivity index is 2.57. The fraction of sp³-hybridized carbons (Fsp3) is 0.235. The maximum absolute atomic E-state index is 8.84. The predicted octanol–water partition coefficient (Wildman–Crippen LogP) is 4.66. The molecule has 2 aromatic carbocycles. The normalized spacial score (nSPS) is 10.4. The number of hydrogen-bond acceptors (Lipinski definition) is 1. The number of nitriles is 1. The molecule has 0 saturated carbocycles. The van der Waals surface area contributed by atoms with Crippen molar-refractivity contribution in [3.05, 3.63) is 59.2 Å². The molecule has 18 heavy (non-hydrogen) atoms. The average Bonchev–Trinajstić information content (AvgIpc) is 2.38. The molecule has 0 aromatic heterocycles. The maximum Gasteiger partial charge on any atom is 0.0991 e. The molecule has 0 bridgehead atoms. The van der Waals surface area contributed by atoms with Gasteiger partial charge in [-0.2, -0.15) is 5.26 Å². The minimum Gasteiger partial charge on any atom is -0.192 e. The molecule has 0 N–H and O–H groups in total. The van der Waals surface area contributed by atoms with Crippen molar-refractivity contribution in [2.45, 2.75) is 26.7 Å². The third kappa shape index (κ3) is 2.28. The second-order valence-electron chi connectivity index (χ2n) is 4.88. The molecule has 0 amide bonds. The molecule has 0 spiro atoms. The van der Waals surface area contributed by atoms with Gasteiger partial charge in [0, 0.05) is 0 Å². The first-order valence-corrected chi connectivity index (χ1v) is 6.23. The molecular weight excluding hydrogens is 218 g/mol. The van der Waals surface area contributed by atoms with Gasteiger partial charge in [-0.25, -0.2) is 0 Å². The van der Waals surface area contributed by atoms with Gasteiger partial charge in [0.1, 0.15) is 0 Å². The van der Waals surface area contributed by atoms with Gasteiger partial charge in [-0.3, -0.25) is 0 Å². The van der Waals surface area contributed by atoms with Gasteiger partial charge in [0.05, 0.1) is 11.6 Å². The van der Waals surface area contributed by atoms with Gasteiger partial charge >= 0.3 is 0 Å².